The number of rotatable bonds is 9. The summed E-state index contributed by atoms with van der Waals surface area (Å²) in [4.78, 5) is 37.4. The summed E-state index contributed by atoms with van der Waals surface area (Å²) in [6.45, 7) is 2.25. The maximum Gasteiger partial charge on any atom is 0.326 e. The zero-order chi connectivity index (χ0) is 20.0. The predicted octanol–water partition coefficient (Wildman–Crippen LogP) is 0.585. The van der Waals surface area contributed by atoms with Crippen molar-refractivity contribution in [2.75, 3.05) is 6.54 Å². The minimum Gasteiger partial charge on any atom is -0.480 e. The number of aliphatic carboxylic acids is 2. The van der Waals surface area contributed by atoms with Crippen molar-refractivity contribution in [2.45, 2.75) is 57.3 Å². The Bertz CT molecular complexity index is 694. The number of hydrogen-bond donors (Lipinski definition) is 4. The summed E-state index contributed by atoms with van der Waals surface area (Å²) in [6.07, 6.45) is 1.94. The number of carboxylic acids is 2. The van der Waals surface area contributed by atoms with E-state index in [1.807, 2.05) is 24.3 Å². The minimum absolute atomic E-state index is 0.197. The minimum atomic E-state index is -1.07. The van der Waals surface area contributed by atoms with Gasteiger partial charge in [0.05, 0.1) is 6.04 Å². The Hall–Kier alpha value is -2.45. The third-order valence-electron chi connectivity index (χ3n) is 4.88. The highest BCUT2D eigenvalue weighted by molar-refractivity contribution is 5.88. The second kappa shape index (κ2) is 9.48. The first kappa shape index (κ1) is 20.9. The lowest BCUT2D eigenvalue weighted by atomic mass is 9.93. The van der Waals surface area contributed by atoms with Crippen LogP contribution < -0.4 is 11.1 Å². The number of benzene rings is 1. The first-order valence-electron chi connectivity index (χ1n) is 9.14. The molecule has 0 aromatic heterocycles. The van der Waals surface area contributed by atoms with Crippen LogP contribution in [0.1, 0.15) is 37.3 Å². The summed E-state index contributed by atoms with van der Waals surface area (Å²) in [5, 5.41) is 21.8. The number of amides is 1. The van der Waals surface area contributed by atoms with E-state index in [1.165, 1.54) is 4.90 Å². The Morgan fingerprint density at radius 1 is 1.22 bits per heavy atom. The molecule has 2 unspecified atom stereocenters. The van der Waals surface area contributed by atoms with E-state index < -0.39 is 36.0 Å². The van der Waals surface area contributed by atoms with Gasteiger partial charge in [-0.2, -0.15) is 0 Å². The van der Waals surface area contributed by atoms with Crippen LogP contribution in [0.5, 0.6) is 0 Å². The van der Waals surface area contributed by atoms with Crippen molar-refractivity contribution in [1.29, 1.82) is 0 Å². The van der Waals surface area contributed by atoms with E-state index in [2.05, 4.69) is 5.32 Å². The Balaban J connectivity index is 2.11. The van der Waals surface area contributed by atoms with E-state index in [0.29, 0.717) is 25.8 Å². The fourth-order valence-corrected chi connectivity index (χ4v) is 3.37. The van der Waals surface area contributed by atoms with Crippen LogP contribution in [0, 0.1) is 0 Å². The van der Waals surface area contributed by atoms with Crippen LogP contribution in [0.3, 0.4) is 0 Å². The van der Waals surface area contributed by atoms with Crippen molar-refractivity contribution in [3.63, 3.8) is 0 Å². The van der Waals surface area contributed by atoms with Gasteiger partial charge in [0.15, 0.2) is 0 Å². The Morgan fingerprint density at radius 2 is 1.89 bits per heavy atom. The van der Waals surface area contributed by atoms with Gasteiger partial charge in [0, 0.05) is 13.0 Å². The summed E-state index contributed by atoms with van der Waals surface area (Å²) >= 11 is 0. The monoisotopic (exact) mass is 377 g/mol. The molecule has 5 N–H and O–H groups in total. The van der Waals surface area contributed by atoms with Gasteiger partial charge >= 0.3 is 11.9 Å². The van der Waals surface area contributed by atoms with Crippen molar-refractivity contribution >= 4 is 17.8 Å². The molecule has 1 aromatic rings. The molecule has 0 aliphatic carbocycles. The van der Waals surface area contributed by atoms with Crippen LogP contribution in [0.2, 0.25) is 0 Å². The number of hydrogen-bond acceptors (Lipinski definition) is 5. The van der Waals surface area contributed by atoms with Crippen LogP contribution >= 0.6 is 0 Å². The van der Waals surface area contributed by atoms with Gasteiger partial charge in [0.1, 0.15) is 12.1 Å². The molecule has 8 nitrogen and oxygen atoms in total. The molecule has 1 aliphatic heterocycles. The van der Waals surface area contributed by atoms with Crippen LogP contribution in [0.15, 0.2) is 24.3 Å². The predicted molar refractivity (Wildman–Crippen MR) is 99.0 cm³/mol. The third kappa shape index (κ3) is 5.27. The van der Waals surface area contributed by atoms with Gasteiger partial charge in [0.2, 0.25) is 5.91 Å². The molecule has 8 heteroatoms. The van der Waals surface area contributed by atoms with E-state index in [-0.39, 0.29) is 13.0 Å². The molecule has 1 aliphatic rings. The molecule has 2 rings (SSSR count). The number of carboxylic acid groups (broad SMARTS) is 2. The van der Waals surface area contributed by atoms with Crippen molar-refractivity contribution < 1.29 is 24.6 Å². The normalized spacial score (nSPS) is 18.4. The van der Waals surface area contributed by atoms with Gasteiger partial charge in [-0.15, -0.1) is 0 Å². The smallest absolute Gasteiger partial charge is 0.326 e. The average molecular weight is 377 g/mol. The van der Waals surface area contributed by atoms with Gasteiger partial charge in [-0.05, 0) is 37.4 Å². The molecular formula is C19H27N3O5. The fraction of sp³-hybridized carbons (Fsp3) is 0.526. The van der Waals surface area contributed by atoms with Crippen molar-refractivity contribution in [1.82, 2.24) is 10.2 Å². The molecule has 0 spiro atoms. The third-order valence-corrected chi connectivity index (χ3v) is 4.88. The van der Waals surface area contributed by atoms with Crippen molar-refractivity contribution in [3.8, 4) is 0 Å². The van der Waals surface area contributed by atoms with Crippen molar-refractivity contribution in [2.24, 2.45) is 5.73 Å². The van der Waals surface area contributed by atoms with E-state index >= 15 is 0 Å². The number of nitrogens with two attached hydrogens (primary N) is 1. The maximum absolute atomic E-state index is 12.9. The second-order valence-electron chi connectivity index (χ2n) is 6.86. The molecule has 1 heterocycles. The Morgan fingerprint density at radius 3 is 2.48 bits per heavy atom. The molecule has 1 amide bonds. The quantitative estimate of drug-likeness (QED) is 0.463. The SMILES string of the molecule is CC(N[C@@H](CCCCN)C(=O)O)C(=O)N1Cc2ccccc2CC1C(=O)O. The topological polar surface area (TPSA) is 133 Å². The number of carbonyl (C=O) groups excluding carboxylic acids is 1. The standard InChI is InChI=1S/C19H27N3O5/c1-12(21-15(18(24)25)8-4-5-9-20)17(23)22-11-14-7-3-2-6-13(14)10-16(22)19(26)27/h2-3,6-7,12,15-16,21H,4-5,8-11,20H2,1H3,(H,24,25)(H,26,27)/t12?,15-,16?/m0/s1. The number of nitrogens with zero attached hydrogens (tertiary/aromatic N) is 1. The van der Waals surface area contributed by atoms with E-state index in [0.717, 1.165) is 11.1 Å². The molecule has 0 radical (unpaired) electrons. The van der Waals surface area contributed by atoms with Crippen LogP contribution in [-0.4, -0.2) is 57.6 Å². The number of fused-ring (bicyclic) bond motifs is 1. The molecule has 148 valence electrons. The summed E-state index contributed by atoms with van der Waals surface area (Å²) < 4.78 is 0. The molecular weight excluding hydrogens is 350 g/mol. The molecule has 0 bridgehead atoms. The largest absolute Gasteiger partial charge is 0.480 e. The van der Waals surface area contributed by atoms with Gasteiger partial charge < -0.3 is 20.8 Å². The lowest BCUT2D eigenvalue weighted by Gasteiger charge is -2.36. The molecule has 3 atom stereocenters. The number of unbranched alkanes of at least 4 members (excludes halogenated alkanes) is 1. The van der Waals surface area contributed by atoms with Gasteiger partial charge in [-0.3, -0.25) is 14.9 Å². The van der Waals surface area contributed by atoms with Crippen LogP contribution in [0.4, 0.5) is 0 Å². The maximum atomic E-state index is 12.9. The Labute approximate surface area is 158 Å². The number of nitrogens with one attached hydrogen (secondary N) is 1. The summed E-state index contributed by atoms with van der Waals surface area (Å²) in [7, 11) is 0. The van der Waals surface area contributed by atoms with Gasteiger partial charge in [-0.1, -0.05) is 30.7 Å². The first-order valence-corrected chi connectivity index (χ1v) is 9.14. The molecule has 0 fully saturated rings. The molecule has 27 heavy (non-hydrogen) atoms. The van der Waals surface area contributed by atoms with E-state index in [4.69, 9.17) is 5.73 Å². The van der Waals surface area contributed by atoms with Crippen LogP contribution in [-0.2, 0) is 27.3 Å². The zero-order valence-corrected chi connectivity index (χ0v) is 15.4. The number of carbonyl (C=O) groups is 3. The van der Waals surface area contributed by atoms with Gasteiger partial charge in [-0.25, -0.2) is 4.79 Å². The molecule has 0 saturated carbocycles. The Kier molecular flexibility index (Phi) is 7.32. The molecule has 0 saturated heterocycles. The summed E-state index contributed by atoms with van der Waals surface area (Å²) in [6, 6.07) is 4.79. The lowest BCUT2D eigenvalue weighted by Crippen LogP contribution is -2.56. The highest BCUT2D eigenvalue weighted by atomic mass is 16.4. The van der Waals surface area contributed by atoms with E-state index in [9.17, 15) is 24.6 Å². The average Bonchev–Trinajstić information content (AvgIpc) is 2.65. The second-order valence-corrected chi connectivity index (χ2v) is 6.86. The highest BCUT2D eigenvalue weighted by Crippen LogP contribution is 2.24. The summed E-state index contributed by atoms with van der Waals surface area (Å²) in [5.74, 6) is -2.52. The van der Waals surface area contributed by atoms with Gasteiger partial charge in [0.25, 0.3) is 0 Å². The fourth-order valence-electron chi connectivity index (χ4n) is 3.37. The summed E-state index contributed by atoms with van der Waals surface area (Å²) in [5.41, 5.74) is 7.26. The molecule has 1 aromatic carbocycles. The highest BCUT2D eigenvalue weighted by Gasteiger charge is 2.37. The zero-order valence-electron chi connectivity index (χ0n) is 15.4. The van der Waals surface area contributed by atoms with Crippen molar-refractivity contribution in [3.05, 3.63) is 35.4 Å². The van der Waals surface area contributed by atoms with Crippen LogP contribution in [0.25, 0.3) is 0 Å². The van der Waals surface area contributed by atoms with E-state index in [1.54, 1.807) is 6.92 Å². The lowest BCUT2D eigenvalue weighted by molar-refractivity contribution is -0.152. The first-order chi connectivity index (χ1) is 12.8.